The van der Waals surface area contributed by atoms with Gasteiger partial charge in [-0.2, -0.15) is 0 Å². The van der Waals surface area contributed by atoms with Gasteiger partial charge in [0, 0.05) is 42.4 Å². The van der Waals surface area contributed by atoms with Crippen molar-refractivity contribution in [1.29, 1.82) is 0 Å². The third-order valence-electron chi connectivity index (χ3n) is 4.29. The normalized spacial score (nSPS) is 14.2. The molecule has 3 amide bonds. The molecule has 1 fully saturated rings. The monoisotopic (exact) mass is 375 g/mol. The lowest BCUT2D eigenvalue weighted by molar-refractivity contribution is 0.142. The van der Waals surface area contributed by atoms with Crippen molar-refractivity contribution in [2.45, 2.75) is 13.8 Å². The number of carbonyl (C=O) groups is 2. The molecule has 3 N–H and O–H groups in total. The van der Waals surface area contributed by atoms with Crippen LogP contribution in [0.3, 0.4) is 0 Å². The molecule has 0 spiro atoms. The van der Waals surface area contributed by atoms with Crippen LogP contribution < -0.4 is 15.5 Å². The average Bonchev–Trinajstić information content (AvgIpc) is 2.93. The molecular formula is C17H21N5O3S. The number of anilines is 3. The van der Waals surface area contributed by atoms with Gasteiger partial charge in [-0.3, -0.25) is 5.32 Å². The Hall–Kier alpha value is -2.81. The SMILES string of the molecule is Cc1nc(NC(=O)Nc2ccc(N3CCN(C(=O)O)CC3)cc2)sc1C. The fourth-order valence-electron chi connectivity index (χ4n) is 2.70. The van der Waals surface area contributed by atoms with E-state index in [2.05, 4.69) is 20.5 Å². The number of nitrogens with one attached hydrogen (secondary N) is 2. The van der Waals surface area contributed by atoms with Crippen LogP contribution in [0.1, 0.15) is 10.6 Å². The molecule has 3 rings (SSSR count). The quantitative estimate of drug-likeness (QED) is 0.765. The summed E-state index contributed by atoms with van der Waals surface area (Å²) in [5, 5.41) is 15.1. The lowest BCUT2D eigenvalue weighted by Crippen LogP contribution is -2.48. The number of rotatable bonds is 3. The minimum Gasteiger partial charge on any atom is -0.465 e. The maximum Gasteiger partial charge on any atom is 0.407 e. The second-order valence-corrected chi connectivity index (χ2v) is 7.25. The first-order valence-corrected chi connectivity index (χ1v) is 9.09. The lowest BCUT2D eigenvalue weighted by Gasteiger charge is -2.34. The molecule has 1 aliphatic rings. The molecular weight excluding hydrogens is 354 g/mol. The van der Waals surface area contributed by atoms with Crippen molar-refractivity contribution in [3.63, 3.8) is 0 Å². The number of nitrogens with zero attached hydrogens (tertiary/aromatic N) is 3. The van der Waals surface area contributed by atoms with Crippen LogP contribution in [0, 0.1) is 13.8 Å². The lowest BCUT2D eigenvalue weighted by atomic mass is 10.2. The molecule has 1 saturated heterocycles. The van der Waals surface area contributed by atoms with Crippen LogP contribution in [-0.2, 0) is 0 Å². The molecule has 0 unspecified atom stereocenters. The van der Waals surface area contributed by atoms with Crippen molar-refractivity contribution in [3.8, 4) is 0 Å². The molecule has 0 saturated carbocycles. The largest absolute Gasteiger partial charge is 0.465 e. The van der Waals surface area contributed by atoms with E-state index in [-0.39, 0.29) is 6.03 Å². The van der Waals surface area contributed by atoms with Crippen molar-refractivity contribution >= 4 is 40.0 Å². The predicted octanol–water partition coefficient (Wildman–Crippen LogP) is 3.20. The van der Waals surface area contributed by atoms with Gasteiger partial charge < -0.3 is 20.2 Å². The number of carboxylic acid groups (broad SMARTS) is 1. The summed E-state index contributed by atoms with van der Waals surface area (Å²) in [4.78, 5) is 31.9. The molecule has 2 heterocycles. The zero-order valence-corrected chi connectivity index (χ0v) is 15.5. The van der Waals surface area contributed by atoms with Gasteiger partial charge in [0.25, 0.3) is 0 Å². The number of piperazine rings is 1. The minimum atomic E-state index is -0.874. The molecule has 26 heavy (non-hydrogen) atoms. The fourth-order valence-corrected chi connectivity index (χ4v) is 3.51. The molecule has 1 aromatic heterocycles. The van der Waals surface area contributed by atoms with Gasteiger partial charge in [0.1, 0.15) is 0 Å². The van der Waals surface area contributed by atoms with E-state index < -0.39 is 6.09 Å². The topological polar surface area (TPSA) is 97.8 Å². The molecule has 0 radical (unpaired) electrons. The molecule has 2 aromatic rings. The van der Waals surface area contributed by atoms with Crippen molar-refractivity contribution in [3.05, 3.63) is 34.8 Å². The summed E-state index contributed by atoms with van der Waals surface area (Å²) < 4.78 is 0. The van der Waals surface area contributed by atoms with Crippen molar-refractivity contribution in [2.24, 2.45) is 0 Å². The number of hydrogen-bond acceptors (Lipinski definition) is 5. The molecule has 138 valence electrons. The number of urea groups is 1. The van der Waals surface area contributed by atoms with Crippen LogP contribution >= 0.6 is 11.3 Å². The number of thiazole rings is 1. The van der Waals surface area contributed by atoms with Crippen LogP contribution in [0.5, 0.6) is 0 Å². The van der Waals surface area contributed by atoms with E-state index in [0.717, 1.165) is 16.3 Å². The van der Waals surface area contributed by atoms with Gasteiger partial charge in [0.15, 0.2) is 5.13 Å². The van der Waals surface area contributed by atoms with E-state index >= 15 is 0 Å². The third kappa shape index (κ3) is 4.23. The van der Waals surface area contributed by atoms with Crippen molar-refractivity contribution < 1.29 is 14.7 Å². The summed E-state index contributed by atoms with van der Waals surface area (Å²) in [5.74, 6) is 0. The highest BCUT2D eigenvalue weighted by atomic mass is 32.1. The van der Waals surface area contributed by atoms with Gasteiger partial charge in [0.05, 0.1) is 5.69 Å². The Morgan fingerprint density at radius 1 is 1.08 bits per heavy atom. The fraction of sp³-hybridized carbons (Fsp3) is 0.353. The number of aryl methyl sites for hydroxylation is 2. The molecule has 0 atom stereocenters. The van der Waals surface area contributed by atoms with E-state index in [1.807, 2.05) is 38.1 Å². The van der Waals surface area contributed by atoms with E-state index in [4.69, 9.17) is 5.11 Å². The Labute approximate surface area is 155 Å². The Morgan fingerprint density at radius 3 is 2.27 bits per heavy atom. The Morgan fingerprint density at radius 2 is 1.73 bits per heavy atom. The van der Waals surface area contributed by atoms with Crippen molar-refractivity contribution in [1.82, 2.24) is 9.88 Å². The Kier molecular flexibility index (Phi) is 5.27. The van der Waals surface area contributed by atoms with Crippen LogP contribution in [0.25, 0.3) is 0 Å². The van der Waals surface area contributed by atoms with Crippen LogP contribution in [0.4, 0.5) is 26.1 Å². The summed E-state index contributed by atoms with van der Waals surface area (Å²) in [7, 11) is 0. The predicted molar refractivity (Wildman–Crippen MR) is 102 cm³/mol. The zero-order valence-electron chi connectivity index (χ0n) is 14.7. The van der Waals surface area contributed by atoms with E-state index in [1.54, 1.807) is 0 Å². The Bertz CT molecular complexity index is 778. The van der Waals surface area contributed by atoms with Gasteiger partial charge in [-0.15, -0.1) is 11.3 Å². The van der Waals surface area contributed by atoms with E-state index in [9.17, 15) is 9.59 Å². The van der Waals surface area contributed by atoms with Crippen LogP contribution in [-0.4, -0.2) is 53.3 Å². The maximum absolute atomic E-state index is 12.1. The summed E-state index contributed by atoms with van der Waals surface area (Å²) in [6, 6.07) is 7.17. The van der Waals surface area contributed by atoms with Gasteiger partial charge in [-0.05, 0) is 38.1 Å². The molecule has 8 nitrogen and oxygen atoms in total. The van der Waals surface area contributed by atoms with Crippen LogP contribution in [0.2, 0.25) is 0 Å². The molecule has 0 aliphatic carbocycles. The van der Waals surface area contributed by atoms with Crippen LogP contribution in [0.15, 0.2) is 24.3 Å². The summed E-state index contributed by atoms with van der Waals surface area (Å²) >= 11 is 1.44. The number of hydrogen-bond donors (Lipinski definition) is 3. The first-order chi connectivity index (χ1) is 12.4. The summed E-state index contributed by atoms with van der Waals surface area (Å²) in [6.45, 7) is 6.16. The van der Waals surface area contributed by atoms with Gasteiger partial charge in [-0.25, -0.2) is 14.6 Å². The average molecular weight is 375 g/mol. The molecule has 9 heteroatoms. The highest BCUT2D eigenvalue weighted by molar-refractivity contribution is 7.15. The number of amides is 3. The second kappa shape index (κ2) is 7.61. The number of benzene rings is 1. The van der Waals surface area contributed by atoms with Gasteiger partial charge >= 0.3 is 12.1 Å². The number of aromatic nitrogens is 1. The highest BCUT2D eigenvalue weighted by Gasteiger charge is 2.20. The standard InChI is InChI=1S/C17H21N5O3S/c1-11-12(2)26-16(18-11)20-15(23)19-13-3-5-14(6-4-13)21-7-9-22(10-8-21)17(24)25/h3-6H,7-10H2,1-2H3,(H,24,25)(H2,18,19,20,23). The molecule has 0 bridgehead atoms. The van der Waals surface area contributed by atoms with Gasteiger partial charge in [0.2, 0.25) is 0 Å². The van der Waals surface area contributed by atoms with Crippen molar-refractivity contribution in [2.75, 3.05) is 41.7 Å². The van der Waals surface area contributed by atoms with E-state index in [1.165, 1.54) is 16.2 Å². The Balaban J connectivity index is 1.54. The molecule has 1 aromatic carbocycles. The highest BCUT2D eigenvalue weighted by Crippen LogP contribution is 2.22. The maximum atomic E-state index is 12.1. The first-order valence-electron chi connectivity index (χ1n) is 8.27. The zero-order chi connectivity index (χ0) is 18.7. The number of carbonyl (C=O) groups excluding carboxylic acids is 1. The summed E-state index contributed by atoms with van der Waals surface area (Å²) in [5.41, 5.74) is 2.60. The van der Waals surface area contributed by atoms with Gasteiger partial charge in [-0.1, -0.05) is 0 Å². The van der Waals surface area contributed by atoms with E-state index in [0.29, 0.717) is 37.0 Å². The third-order valence-corrected chi connectivity index (χ3v) is 5.28. The smallest absolute Gasteiger partial charge is 0.407 e. The minimum absolute atomic E-state index is 0.332. The summed E-state index contributed by atoms with van der Waals surface area (Å²) in [6.07, 6.45) is -0.874. The second-order valence-electron chi connectivity index (χ2n) is 6.04. The first kappa shape index (κ1) is 18.0. The molecule has 1 aliphatic heterocycles.